The van der Waals surface area contributed by atoms with E-state index in [-0.39, 0.29) is 5.91 Å². The minimum atomic E-state index is -0.0598. The van der Waals surface area contributed by atoms with Crippen LogP contribution in [-0.2, 0) is 17.8 Å². The van der Waals surface area contributed by atoms with Crippen molar-refractivity contribution in [3.05, 3.63) is 132 Å². The summed E-state index contributed by atoms with van der Waals surface area (Å²) in [6.45, 7) is 0.717. The maximum atomic E-state index is 12.7. The molecule has 5 aromatic heterocycles. The first-order chi connectivity index (χ1) is 21.2. The lowest BCUT2D eigenvalue weighted by Crippen LogP contribution is -2.13. The molecule has 0 radical (unpaired) electrons. The number of aromatic nitrogens is 6. The molecule has 2 aromatic carbocycles. The molecule has 0 bridgehead atoms. The van der Waals surface area contributed by atoms with Crippen LogP contribution in [0.5, 0.6) is 0 Å². The van der Waals surface area contributed by atoms with Crippen LogP contribution in [0.3, 0.4) is 0 Å². The lowest BCUT2D eigenvalue weighted by Gasteiger charge is -2.10. The van der Waals surface area contributed by atoms with Gasteiger partial charge in [0.15, 0.2) is 0 Å². The van der Waals surface area contributed by atoms with Gasteiger partial charge in [-0.25, -0.2) is 19.9 Å². The fraction of sp³-hybridized carbons (Fsp3) is 0.0606. The van der Waals surface area contributed by atoms with Gasteiger partial charge in [-0.2, -0.15) is 0 Å². The van der Waals surface area contributed by atoms with Gasteiger partial charge >= 0.3 is 0 Å². The molecule has 0 fully saturated rings. The predicted octanol–water partition coefficient (Wildman–Crippen LogP) is 6.69. The lowest BCUT2D eigenvalue weighted by molar-refractivity contribution is -0.115. The molecule has 10 heteroatoms. The standard InChI is InChI=1S/C33H26N8OS/c42-30(20-27-10-5-17-43-27)36-26-9-4-7-24(19-26)31-32(41-15-2-1-11-29(41)39-31)28-12-13-35-33(38-28)37-25-8-3-6-23(18-25)21-40-16-14-34-22-40/h1-19,22H,20-21H2,(H,36,42)(H,35,37,38). The van der Waals surface area contributed by atoms with Crippen LogP contribution in [0.15, 0.2) is 121 Å². The van der Waals surface area contributed by atoms with Crippen LogP contribution in [0.25, 0.3) is 28.3 Å². The van der Waals surface area contributed by atoms with Crippen molar-refractivity contribution in [3.63, 3.8) is 0 Å². The van der Waals surface area contributed by atoms with E-state index in [0.717, 1.165) is 45.3 Å². The van der Waals surface area contributed by atoms with E-state index in [1.807, 2.05) is 99.5 Å². The monoisotopic (exact) mass is 582 g/mol. The van der Waals surface area contributed by atoms with E-state index in [1.54, 1.807) is 30.1 Å². The Morgan fingerprint density at radius 2 is 1.79 bits per heavy atom. The molecule has 0 spiro atoms. The first-order valence-electron chi connectivity index (χ1n) is 13.7. The van der Waals surface area contributed by atoms with Gasteiger partial charge in [0.25, 0.3) is 0 Å². The summed E-state index contributed by atoms with van der Waals surface area (Å²) in [5.74, 6) is 0.416. The molecule has 2 N–H and O–H groups in total. The zero-order valence-electron chi connectivity index (χ0n) is 23.0. The molecule has 210 valence electrons. The Balaban J connectivity index is 1.20. The molecule has 0 saturated carbocycles. The molecule has 5 heterocycles. The van der Waals surface area contributed by atoms with Gasteiger partial charge < -0.3 is 15.2 Å². The minimum Gasteiger partial charge on any atom is -0.333 e. The van der Waals surface area contributed by atoms with Crippen molar-refractivity contribution in [1.29, 1.82) is 0 Å². The number of anilines is 3. The first kappa shape index (κ1) is 26.3. The number of pyridine rings is 1. The Kier molecular flexibility index (Phi) is 7.16. The van der Waals surface area contributed by atoms with Crippen molar-refractivity contribution in [2.45, 2.75) is 13.0 Å². The highest BCUT2D eigenvalue weighted by molar-refractivity contribution is 7.10. The number of benzene rings is 2. The number of fused-ring (bicyclic) bond motifs is 1. The second-order valence-electron chi connectivity index (χ2n) is 9.95. The van der Waals surface area contributed by atoms with Gasteiger partial charge in [-0.15, -0.1) is 11.3 Å². The Hall–Kier alpha value is -5.61. The van der Waals surface area contributed by atoms with Crippen molar-refractivity contribution >= 4 is 40.2 Å². The number of thiophene rings is 1. The normalized spacial score (nSPS) is 11.1. The van der Waals surface area contributed by atoms with Crippen molar-refractivity contribution in [2.75, 3.05) is 10.6 Å². The molecular formula is C33H26N8OS. The lowest BCUT2D eigenvalue weighted by atomic mass is 10.1. The number of hydrogen-bond acceptors (Lipinski definition) is 7. The third kappa shape index (κ3) is 5.90. The van der Waals surface area contributed by atoms with Gasteiger partial charge in [-0.1, -0.05) is 36.4 Å². The molecule has 0 unspecified atom stereocenters. The van der Waals surface area contributed by atoms with Crippen LogP contribution in [0.1, 0.15) is 10.4 Å². The highest BCUT2D eigenvalue weighted by Crippen LogP contribution is 2.33. The number of hydrogen-bond donors (Lipinski definition) is 2. The Labute approximate surface area is 251 Å². The van der Waals surface area contributed by atoms with Crippen LogP contribution in [-0.4, -0.2) is 34.8 Å². The predicted molar refractivity (Wildman–Crippen MR) is 169 cm³/mol. The smallest absolute Gasteiger partial charge is 0.229 e. The SMILES string of the molecule is O=C(Cc1cccs1)Nc1cccc(-c2nc3ccccn3c2-c2ccnc(Nc3cccc(Cn4ccnc4)c3)n2)c1. The molecule has 1 amide bonds. The molecule has 0 atom stereocenters. The molecule has 43 heavy (non-hydrogen) atoms. The van der Waals surface area contributed by atoms with Crippen molar-refractivity contribution in [2.24, 2.45) is 0 Å². The van der Waals surface area contributed by atoms with E-state index >= 15 is 0 Å². The van der Waals surface area contributed by atoms with E-state index in [9.17, 15) is 4.79 Å². The summed E-state index contributed by atoms with van der Waals surface area (Å²) in [6, 6.07) is 27.6. The topological polar surface area (TPSA) is 102 Å². The van der Waals surface area contributed by atoms with Crippen molar-refractivity contribution in [3.8, 4) is 22.6 Å². The van der Waals surface area contributed by atoms with E-state index < -0.39 is 0 Å². The maximum Gasteiger partial charge on any atom is 0.229 e. The van der Waals surface area contributed by atoms with Crippen LogP contribution < -0.4 is 10.6 Å². The van der Waals surface area contributed by atoms with Gasteiger partial charge in [-0.05, 0) is 59.5 Å². The van der Waals surface area contributed by atoms with Gasteiger partial charge in [0.2, 0.25) is 11.9 Å². The molecule has 9 nitrogen and oxygen atoms in total. The molecule has 0 aliphatic rings. The van der Waals surface area contributed by atoms with Crippen LogP contribution >= 0.6 is 11.3 Å². The summed E-state index contributed by atoms with van der Waals surface area (Å²) in [4.78, 5) is 32.2. The van der Waals surface area contributed by atoms with E-state index in [1.165, 1.54) is 0 Å². The number of imidazole rings is 2. The number of carbonyl (C=O) groups excluding carboxylic acids is 1. The Bertz CT molecular complexity index is 2010. The summed E-state index contributed by atoms with van der Waals surface area (Å²) >= 11 is 1.57. The zero-order chi connectivity index (χ0) is 29.0. The summed E-state index contributed by atoms with van der Waals surface area (Å²) in [5.41, 5.74) is 6.69. The molecule has 0 aliphatic heterocycles. The van der Waals surface area contributed by atoms with Crippen molar-refractivity contribution in [1.82, 2.24) is 28.9 Å². The highest BCUT2D eigenvalue weighted by atomic mass is 32.1. The second kappa shape index (κ2) is 11.7. The largest absolute Gasteiger partial charge is 0.333 e. The number of nitrogens with one attached hydrogen (secondary N) is 2. The second-order valence-corrected chi connectivity index (χ2v) is 11.0. The molecule has 7 rings (SSSR count). The van der Waals surface area contributed by atoms with Gasteiger partial charge in [0.05, 0.1) is 29.8 Å². The maximum absolute atomic E-state index is 12.7. The number of rotatable bonds is 9. The fourth-order valence-corrected chi connectivity index (χ4v) is 5.68. The summed E-state index contributed by atoms with van der Waals surface area (Å²) in [7, 11) is 0. The summed E-state index contributed by atoms with van der Waals surface area (Å²) in [6.07, 6.45) is 9.57. The average Bonchev–Trinajstić information content (AvgIpc) is 3.79. The summed E-state index contributed by atoms with van der Waals surface area (Å²) in [5, 5.41) is 8.36. The van der Waals surface area contributed by atoms with Crippen LogP contribution in [0, 0.1) is 0 Å². The van der Waals surface area contributed by atoms with Gasteiger partial charge in [0, 0.05) is 53.1 Å². The summed E-state index contributed by atoms with van der Waals surface area (Å²) < 4.78 is 4.04. The molecular weight excluding hydrogens is 556 g/mol. The highest BCUT2D eigenvalue weighted by Gasteiger charge is 2.18. The first-order valence-corrected chi connectivity index (χ1v) is 14.6. The molecule has 0 aliphatic carbocycles. The van der Waals surface area contributed by atoms with Gasteiger partial charge in [0.1, 0.15) is 5.65 Å². The van der Waals surface area contributed by atoms with E-state index in [2.05, 4.69) is 32.7 Å². The quantitative estimate of drug-likeness (QED) is 0.197. The Morgan fingerprint density at radius 1 is 0.860 bits per heavy atom. The number of nitrogens with zero attached hydrogens (tertiary/aromatic N) is 6. The molecule has 0 saturated heterocycles. The van der Waals surface area contributed by atoms with Crippen LogP contribution in [0.4, 0.5) is 17.3 Å². The minimum absolute atomic E-state index is 0.0598. The third-order valence-electron chi connectivity index (χ3n) is 6.87. The van der Waals surface area contributed by atoms with Crippen LogP contribution in [0.2, 0.25) is 0 Å². The molecule has 7 aromatic rings. The van der Waals surface area contributed by atoms with Gasteiger partial charge in [-0.3, -0.25) is 9.20 Å². The van der Waals surface area contributed by atoms with E-state index in [0.29, 0.717) is 23.8 Å². The van der Waals surface area contributed by atoms with E-state index in [4.69, 9.17) is 9.97 Å². The zero-order valence-corrected chi connectivity index (χ0v) is 23.8. The Morgan fingerprint density at radius 3 is 2.67 bits per heavy atom. The van der Waals surface area contributed by atoms with Crippen molar-refractivity contribution < 1.29 is 4.79 Å². The average molecular weight is 583 g/mol. The fourth-order valence-electron chi connectivity index (χ4n) is 4.98. The third-order valence-corrected chi connectivity index (χ3v) is 7.75. The number of carbonyl (C=O) groups is 1. The number of amides is 1.